The molecule has 0 aliphatic heterocycles. The first-order chi connectivity index (χ1) is 14.5. The topological polar surface area (TPSA) is 94.0 Å². The molecular formula is C20H19ClN6O2S. The second kappa shape index (κ2) is 8.39. The highest BCUT2D eigenvalue weighted by atomic mass is 35.5. The van der Waals surface area contributed by atoms with E-state index in [1.54, 1.807) is 48.6 Å². The van der Waals surface area contributed by atoms with Crippen molar-refractivity contribution in [3.63, 3.8) is 0 Å². The third kappa shape index (κ3) is 4.00. The van der Waals surface area contributed by atoms with Crippen LogP contribution in [0.4, 0.5) is 16.2 Å². The molecule has 0 bridgehead atoms. The van der Waals surface area contributed by atoms with Gasteiger partial charge in [0.15, 0.2) is 0 Å². The Morgan fingerprint density at radius 1 is 1.33 bits per heavy atom. The number of nitrogens with one attached hydrogen (secondary N) is 2. The van der Waals surface area contributed by atoms with Crippen LogP contribution in [0.15, 0.2) is 42.9 Å². The zero-order chi connectivity index (χ0) is 21.3. The van der Waals surface area contributed by atoms with E-state index in [4.69, 9.17) is 16.3 Å². The molecule has 1 aromatic carbocycles. The van der Waals surface area contributed by atoms with Crippen LogP contribution in [-0.2, 0) is 4.74 Å². The number of aryl methyl sites for hydroxylation is 1. The van der Waals surface area contributed by atoms with Crippen molar-refractivity contribution < 1.29 is 9.53 Å². The van der Waals surface area contributed by atoms with Crippen molar-refractivity contribution in [3.8, 4) is 5.69 Å². The van der Waals surface area contributed by atoms with Crippen molar-refractivity contribution in [2.45, 2.75) is 20.0 Å². The van der Waals surface area contributed by atoms with Gasteiger partial charge in [0.05, 0.1) is 33.7 Å². The number of aromatic nitrogens is 4. The van der Waals surface area contributed by atoms with Crippen LogP contribution < -0.4 is 10.6 Å². The van der Waals surface area contributed by atoms with Gasteiger partial charge in [-0.25, -0.2) is 19.4 Å². The summed E-state index contributed by atoms with van der Waals surface area (Å²) in [6, 6.07) is 6.60. The summed E-state index contributed by atoms with van der Waals surface area (Å²) in [7, 11) is 1.61. The third-order valence-electron chi connectivity index (χ3n) is 4.54. The molecule has 0 saturated heterocycles. The fourth-order valence-corrected chi connectivity index (χ4v) is 4.14. The van der Waals surface area contributed by atoms with Crippen molar-refractivity contribution >= 4 is 50.7 Å². The molecule has 154 valence electrons. The van der Waals surface area contributed by atoms with Gasteiger partial charge in [-0.1, -0.05) is 22.9 Å². The minimum absolute atomic E-state index is 0.268. The maximum Gasteiger partial charge on any atom is 0.323 e. The average Bonchev–Trinajstić information content (AvgIpc) is 3.36. The number of carbonyl (C=O) groups is 1. The van der Waals surface area contributed by atoms with E-state index in [9.17, 15) is 4.79 Å². The lowest BCUT2D eigenvalue weighted by atomic mass is 10.1. The SMILES string of the molecule is CO[C@H](C)c1c(NC(=O)Nc2ccc(-n3cccn3)c(Cl)c2)cnc2sc(C)nc12. The van der Waals surface area contributed by atoms with E-state index in [0.717, 1.165) is 26.6 Å². The number of hydrogen-bond acceptors (Lipinski definition) is 6. The first-order valence-corrected chi connectivity index (χ1v) is 10.3. The predicted octanol–water partition coefficient (Wildman–Crippen LogP) is 5.19. The van der Waals surface area contributed by atoms with Gasteiger partial charge in [-0.3, -0.25) is 0 Å². The quantitative estimate of drug-likeness (QED) is 0.443. The number of hydrogen-bond donors (Lipinski definition) is 2. The van der Waals surface area contributed by atoms with Gasteiger partial charge in [-0.15, -0.1) is 0 Å². The highest BCUT2D eigenvalue weighted by molar-refractivity contribution is 7.18. The highest BCUT2D eigenvalue weighted by Gasteiger charge is 2.20. The molecule has 10 heteroatoms. The fourth-order valence-electron chi connectivity index (χ4n) is 3.09. The van der Waals surface area contributed by atoms with E-state index < -0.39 is 6.03 Å². The number of anilines is 2. The van der Waals surface area contributed by atoms with Crippen LogP contribution in [0.1, 0.15) is 23.6 Å². The van der Waals surface area contributed by atoms with Gasteiger partial charge in [0.1, 0.15) is 10.3 Å². The summed E-state index contributed by atoms with van der Waals surface area (Å²) in [4.78, 5) is 22.4. The Hall–Kier alpha value is -3.01. The van der Waals surface area contributed by atoms with E-state index in [1.807, 2.05) is 19.9 Å². The molecule has 0 spiro atoms. The van der Waals surface area contributed by atoms with Gasteiger partial charge < -0.3 is 15.4 Å². The number of fused-ring (bicyclic) bond motifs is 1. The zero-order valence-electron chi connectivity index (χ0n) is 16.5. The Morgan fingerprint density at radius 2 is 2.17 bits per heavy atom. The third-order valence-corrected chi connectivity index (χ3v) is 5.72. The molecule has 3 heterocycles. The Labute approximate surface area is 181 Å². The standard InChI is InChI=1S/C20H19ClN6O2S/c1-11(29-3)17-15(10-22-19-18(17)24-12(2)30-19)26-20(28)25-13-5-6-16(14(21)9-13)27-8-4-7-23-27/h4-11H,1-3H3,(H2,25,26,28)/t11-/m1/s1. The molecule has 0 aliphatic carbocycles. The summed E-state index contributed by atoms with van der Waals surface area (Å²) in [5, 5.41) is 11.2. The number of carbonyl (C=O) groups excluding carboxylic acids is 1. The van der Waals surface area contributed by atoms with Crippen LogP contribution in [0.5, 0.6) is 0 Å². The normalized spacial score (nSPS) is 12.1. The first kappa shape index (κ1) is 20.3. The molecule has 3 aromatic heterocycles. The minimum Gasteiger partial charge on any atom is -0.377 e. The van der Waals surface area contributed by atoms with E-state index in [-0.39, 0.29) is 6.10 Å². The molecule has 4 aromatic rings. The van der Waals surface area contributed by atoms with Gasteiger partial charge >= 0.3 is 6.03 Å². The van der Waals surface area contributed by atoms with Crippen molar-refractivity contribution in [1.82, 2.24) is 19.7 Å². The molecule has 0 aliphatic rings. The second-order valence-electron chi connectivity index (χ2n) is 6.55. The van der Waals surface area contributed by atoms with Crippen molar-refractivity contribution in [1.29, 1.82) is 0 Å². The number of ether oxygens (including phenoxy) is 1. The molecule has 0 saturated carbocycles. The van der Waals surface area contributed by atoms with Crippen LogP contribution in [0.25, 0.3) is 16.0 Å². The van der Waals surface area contributed by atoms with E-state index >= 15 is 0 Å². The van der Waals surface area contributed by atoms with E-state index in [1.165, 1.54) is 11.3 Å². The molecule has 8 nitrogen and oxygen atoms in total. The zero-order valence-corrected chi connectivity index (χ0v) is 18.1. The van der Waals surface area contributed by atoms with Gasteiger partial charge in [-0.05, 0) is 38.1 Å². The Kier molecular flexibility index (Phi) is 5.67. The lowest BCUT2D eigenvalue weighted by molar-refractivity contribution is 0.121. The summed E-state index contributed by atoms with van der Waals surface area (Å²) >= 11 is 7.85. The number of thiazole rings is 1. The van der Waals surface area contributed by atoms with Gasteiger partial charge in [0.25, 0.3) is 0 Å². The summed E-state index contributed by atoms with van der Waals surface area (Å²) in [6.07, 6.45) is 4.82. The van der Waals surface area contributed by atoms with Crippen LogP contribution in [-0.4, -0.2) is 32.9 Å². The summed E-state index contributed by atoms with van der Waals surface area (Å²) in [6.45, 7) is 3.82. The number of halogens is 1. The Bertz CT molecular complexity index is 1210. The van der Waals surface area contributed by atoms with Gasteiger partial charge in [-0.2, -0.15) is 5.10 Å². The lowest BCUT2D eigenvalue weighted by Crippen LogP contribution is -2.21. The number of rotatable bonds is 5. The molecule has 2 N–H and O–H groups in total. The summed E-state index contributed by atoms with van der Waals surface area (Å²) < 4.78 is 7.15. The van der Waals surface area contributed by atoms with Crippen molar-refractivity contribution in [2.24, 2.45) is 0 Å². The fraction of sp³-hybridized carbons (Fsp3) is 0.200. The lowest BCUT2D eigenvalue weighted by Gasteiger charge is -2.16. The molecule has 0 fully saturated rings. The van der Waals surface area contributed by atoms with Crippen LogP contribution in [0.3, 0.4) is 0 Å². The molecule has 0 unspecified atom stereocenters. The molecule has 2 amide bonds. The maximum absolute atomic E-state index is 12.6. The Balaban J connectivity index is 1.57. The molecule has 1 atom stereocenters. The molecule has 30 heavy (non-hydrogen) atoms. The van der Waals surface area contributed by atoms with Crippen molar-refractivity contribution in [2.75, 3.05) is 17.7 Å². The largest absolute Gasteiger partial charge is 0.377 e. The number of nitrogens with zero attached hydrogens (tertiary/aromatic N) is 4. The van der Waals surface area contributed by atoms with Gasteiger partial charge in [0.2, 0.25) is 0 Å². The smallest absolute Gasteiger partial charge is 0.323 e. The molecular weight excluding hydrogens is 424 g/mol. The summed E-state index contributed by atoms with van der Waals surface area (Å²) in [5.74, 6) is 0. The Morgan fingerprint density at radius 3 is 2.87 bits per heavy atom. The van der Waals surface area contributed by atoms with Crippen molar-refractivity contribution in [3.05, 3.63) is 58.4 Å². The van der Waals surface area contributed by atoms with Gasteiger partial charge in [0, 0.05) is 30.8 Å². The molecule has 4 rings (SSSR count). The summed E-state index contributed by atoms with van der Waals surface area (Å²) in [5.41, 5.74) is 3.33. The number of amides is 2. The highest BCUT2D eigenvalue weighted by Crippen LogP contribution is 2.33. The second-order valence-corrected chi connectivity index (χ2v) is 8.13. The van der Waals surface area contributed by atoms with Crippen LogP contribution in [0, 0.1) is 6.92 Å². The molecule has 0 radical (unpaired) electrons. The monoisotopic (exact) mass is 442 g/mol. The van der Waals surface area contributed by atoms with E-state index in [0.29, 0.717) is 16.4 Å². The predicted molar refractivity (Wildman–Crippen MR) is 119 cm³/mol. The number of urea groups is 1. The van der Waals surface area contributed by atoms with Crippen LogP contribution in [0.2, 0.25) is 5.02 Å². The maximum atomic E-state index is 12.6. The van der Waals surface area contributed by atoms with Crippen LogP contribution >= 0.6 is 22.9 Å². The minimum atomic E-state index is -0.421. The first-order valence-electron chi connectivity index (χ1n) is 9.12. The van der Waals surface area contributed by atoms with E-state index in [2.05, 4.69) is 25.7 Å². The number of benzene rings is 1. The number of methoxy groups -OCH3 is 1. The number of pyridine rings is 1. The average molecular weight is 443 g/mol.